The van der Waals surface area contributed by atoms with Gasteiger partial charge in [0.25, 0.3) is 5.91 Å². The minimum Gasteiger partial charge on any atom is -0.491 e. The highest BCUT2D eigenvalue weighted by Crippen LogP contribution is 2.22. The van der Waals surface area contributed by atoms with Crippen LogP contribution < -0.4 is 15.4 Å². The topological polar surface area (TPSA) is 59.6 Å². The molecule has 0 aliphatic rings. The molecule has 2 N–H and O–H groups in total. The predicted molar refractivity (Wildman–Crippen MR) is 113 cm³/mol. The Hall–Kier alpha value is -3.31. The molecule has 28 heavy (non-hydrogen) atoms. The Labute approximate surface area is 165 Å². The van der Waals surface area contributed by atoms with Crippen LogP contribution in [0.1, 0.15) is 17.3 Å². The number of rotatable bonds is 9. The number of ether oxygens (including phenoxy) is 2. The van der Waals surface area contributed by atoms with Crippen LogP contribution in [0, 0.1) is 0 Å². The highest BCUT2D eigenvalue weighted by Gasteiger charge is 2.11. The van der Waals surface area contributed by atoms with E-state index in [0.29, 0.717) is 31.1 Å². The zero-order chi connectivity index (χ0) is 19.6. The number of carbonyl (C=O) groups excluding carboxylic acids is 1. The molecule has 0 aliphatic carbocycles. The first-order chi connectivity index (χ1) is 13.8. The molecule has 3 rings (SSSR count). The lowest BCUT2D eigenvalue weighted by Crippen LogP contribution is -2.14. The van der Waals surface area contributed by atoms with Crippen molar-refractivity contribution in [2.75, 3.05) is 30.5 Å². The first-order valence-corrected chi connectivity index (χ1v) is 9.29. The molecule has 0 unspecified atom stereocenters. The third-order valence-electron chi connectivity index (χ3n) is 4.04. The van der Waals surface area contributed by atoms with Crippen LogP contribution in [0.2, 0.25) is 0 Å². The molecule has 0 bridgehead atoms. The lowest BCUT2D eigenvalue weighted by atomic mass is 10.1. The zero-order valence-corrected chi connectivity index (χ0v) is 15.9. The second kappa shape index (κ2) is 10.1. The van der Waals surface area contributed by atoms with E-state index in [2.05, 4.69) is 10.6 Å². The first-order valence-electron chi connectivity index (χ1n) is 9.29. The summed E-state index contributed by atoms with van der Waals surface area (Å²) in [6.45, 7) is 3.68. The lowest BCUT2D eigenvalue weighted by molar-refractivity contribution is 0.102. The third-order valence-corrected chi connectivity index (χ3v) is 4.04. The standard InChI is InChI=1S/C23H24N2O3/c1-2-27-16-17-28-20-14-12-19(13-15-20)25-23(26)21-10-6-7-11-22(21)24-18-8-4-3-5-9-18/h3-15,24H,2,16-17H2,1H3,(H,25,26). The van der Waals surface area contributed by atoms with Crippen LogP contribution in [0.4, 0.5) is 17.1 Å². The molecule has 0 heterocycles. The fourth-order valence-corrected chi connectivity index (χ4v) is 2.66. The number of nitrogens with one attached hydrogen (secondary N) is 2. The van der Waals surface area contributed by atoms with Gasteiger partial charge >= 0.3 is 0 Å². The molecule has 0 atom stereocenters. The zero-order valence-electron chi connectivity index (χ0n) is 15.9. The SMILES string of the molecule is CCOCCOc1ccc(NC(=O)c2ccccc2Nc2ccccc2)cc1. The van der Waals surface area contributed by atoms with Crippen molar-refractivity contribution in [2.45, 2.75) is 6.92 Å². The molecule has 0 saturated heterocycles. The van der Waals surface area contributed by atoms with Gasteiger partial charge in [-0.15, -0.1) is 0 Å². The Morgan fingerprint density at radius 3 is 2.29 bits per heavy atom. The highest BCUT2D eigenvalue weighted by atomic mass is 16.5. The first kappa shape index (κ1) is 19.5. The molecule has 5 heteroatoms. The Morgan fingerprint density at radius 2 is 1.54 bits per heavy atom. The van der Waals surface area contributed by atoms with E-state index in [1.807, 2.05) is 79.7 Å². The lowest BCUT2D eigenvalue weighted by Gasteiger charge is -2.13. The van der Waals surface area contributed by atoms with Crippen molar-refractivity contribution in [1.82, 2.24) is 0 Å². The van der Waals surface area contributed by atoms with Crippen molar-refractivity contribution in [3.8, 4) is 5.75 Å². The van der Waals surface area contributed by atoms with Gasteiger partial charge in [0, 0.05) is 18.0 Å². The fourth-order valence-electron chi connectivity index (χ4n) is 2.66. The largest absolute Gasteiger partial charge is 0.491 e. The van der Waals surface area contributed by atoms with Crippen molar-refractivity contribution in [3.05, 3.63) is 84.4 Å². The van der Waals surface area contributed by atoms with Crippen LogP contribution in [-0.2, 0) is 4.74 Å². The van der Waals surface area contributed by atoms with E-state index in [0.717, 1.165) is 17.1 Å². The smallest absolute Gasteiger partial charge is 0.257 e. The Morgan fingerprint density at radius 1 is 0.821 bits per heavy atom. The summed E-state index contributed by atoms with van der Waals surface area (Å²) in [5.74, 6) is 0.563. The quantitative estimate of drug-likeness (QED) is 0.510. The average molecular weight is 376 g/mol. The molecule has 0 aliphatic heterocycles. The predicted octanol–water partition coefficient (Wildman–Crippen LogP) is 5.10. The third kappa shape index (κ3) is 5.59. The Kier molecular flexibility index (Phi) is 7.04. The number of para-hydroxylation sites is 2. The van der Waals surface area contributed by atoms with Gasteiger partial charge in [0.2, 0.25) is 0 Å². The van der Waals surface area contributed by atoms with Crippen molar-refractivity contribution < 1.29 is 14.3 Å². The van der Waals surface area contributed by atoms with Crippen LogP contribution in [-0.4, -0.2) is 25.7 Å². The van der Waals surface area contributed by atoms with E-state index in [-0.39, 0.29) is 5.91 Å². The van der Waals surface area contributed by atoms with Crippen LogP contribution in [0.3, 0.4) is 0 Å². The average Bonchev–Trinajstić information content (AvgIpc) is 2.73. The molecule has 0 radical (unpaired) electrons. The number of carbonyl (C=O) groups is 1. The summed E-state index contributed by atoms with van der Waals surface area (Å²) in [5, 5.41) is 6.22. The molecule has 3 aromatic rings. The second-order valence-corrected chi connectivity index (χ2v) is 6.06. The van der Waals surface area contributed by atoms with Gasteiger partial charge in [-0.1, -0.05) is 30.3 Å². The van der Waals surface area contributed by atoms with E-state index in [1.165, 1.54) is 0 Å². The second-order valence-electron chi connectivity index (χ2n) is 6.06. The van der Waals surface area contributed by atoms with Gasteiger partial charge in [-0.2, -0.15) is 0 Å². The number of anilines is 3. The van der Waals surface area contributed by atoms with Crippen LogP contribution in [0.5, 0.6) is 5.75 Å². The van der Waals surface area contributed by atoms with Gasteiger partial charge in [0.15, 0.2) is 0 Å². The Balaban J connectivity index is 1.63. The van der Waals surface area contributed by atoms with Crippen LogP contribution >= 0.6 is 0 Å². The molecular weight excluding hydrogens is 352 g/mol. The van der Waals surface area contributed by atoms with E-state index >= 15 is 0 Å². The molecule has 1 amide bonds. The minimum atomic E-state index is -0.177. The minimum absolute atomic E-state index is 0.177. The summed E-state index contributed by atoms with van der Waals surface area (Å²) in [4.78, 5) is 12.8. The van der Waals surface area contributed by atoms with Gasteiger partial charge in [0.1, 0.15) is 12.4 Å². The molecule has 0 fully saturated rings. The molecule has 144 valence electrons. The van der Waals surface area contributed by atoms with Gasteiger partial charge in [-0.25, -0.2) is 0 Å². The molecule has 0 spiro atoms. The maximum Gasteiger partial charge on any atom is 0.257 e. The molecule has 0 saturated carbocycles. The Bertz CT molecular complexity index is 880. The summed E-state index contributed by atoms with van der Waals surface area (Å²) in [5.41, 5.74) is 2.96. The van der Waals surface area contributed by atoms with E-state index in [4.69, 9.17) is 9.47 Å². The highest BCUT2D eigenvalue weighted by molar-refractivity contribution is 6.08. The summed E-state index contributed by atoms with van der Waals surface area (Å²) in [6.07, 6.45) is 0. The number of amides is 1. The van der Waals surface area contributed by atoms with Crippen LogP contribution in [0.15, 0.2) is 78.9 Å². The van der Waals surface area contributed by atoms with E-state index in [1.54, 1.807) is 6.07 Å². The van der Waals surface area contributed by atoms with Crippen molar-refractivity contribution >= 4 is 23.0 Å². The fraction of sp³-hybridized carbons (Fsp3) is 0.174. The van der Waals surface area contributed by atoms with Crippen molar-refractivity contribution in [2.24, 2.45) is 0 Å². The molecule has 0 aromatic heterocycles. The van der Waals surface area contributed by atoms with Crippen LogP contribution in [0.25, 0.3) is 0 Å². The number of benzene rings is 3. The van der Waals surface area contributed by atoms with Crippen molar-refractivity contribution in [3.63, 3.8) is 0 Å². The molecular formula is C23H24N2O3. The normalized spacial score (nSPS) is 10.3. The van der Waals surface area contributed by atoms with Crippen molar-refractivity contribution in [1.29, 1.82) is 0 Å². The molecule has 5 nitrogen and oxygen atoms in total. The number of hydrogen-bond acceptors (Lipinski definition) is 4. The van der Waals surface area contributed by atoms with Gasteiger partial charge in [0.05, 0.1) is 17.9 Å². The monoisotopic (exact) mass is 376 g/mol. The van der Waals surface area contributed by atoms with E-state index < -0.39 is 0 Å². The molecule has 3 aromatic carbocycles. The maximum absolute atomic E-state index is 12.8. The van der Waals surface area contributed by atoms with Gasteiger partial charge in [-0.3, -0.25) is 4.79 Å². The van der Waals surface area contributed by atoms with Gasteiger partial charge < -0.3 is 20.1 Å². The summed E-state index contributed by atoms with van der Waals surface area (Å²) >= 11 is 0. The summed E-state index contributed by atoms with van der Waals surface area (Å²) in [7, 11) is 0. The summed E-state index contributed by atoms with van der Waals surface area (Å²) < 4.78 is 10.8. The summed E-state index contributed by atoms with van der Waals surface area (Å²) in [6, 6.07) is 24.5. The van der Waals surface area contributed by atoms with E-state index in [9.17, 15) is 4.79 Å². The van der Waals surface area contributed by atoms with Gasteiger partial charge in [-0.05, 0) is 55.5 Å². The maximum atomic E-state index is 12.8. The number of hydrogen-bond donors (Lipinski definition) is 2.